The largest absolute Gasteiger partial charge is 0.416 e. The van der Waals surface area contributed by atoms with Gasteiger partial charge in [-0.3, -0.25) is 5.32 Å². The number of hydrogen-bond donors (Lipinski definition) is 1. The number of carbonyl (C=O) groups is 1. The third-order valence-electron chi connectivity index (χ3n) is 4.07. The second kappa shape index (κ2) is 5.91. The van der Waals surface area contributed by atoms with Crippen LogP contribution in [0.15, 0.2) is 18.2 Å². The Morgan fingerprint density at radius 2 is 2.08 bits per heavy atom. The molecule has 2 aliphatic rings. The minimum Gasteiger partial charge on any atom is -0.359 e. The number of carbonyl (C=O) groups excluding carboxylic acids is 1. The van der Waals surface area contributed by atoms with Gasteiger partial charge in [-0.1, -0.05) is 6.07 Å². The Labute approximate surface area is 138 Å². The quantitative estimate of drug-likeness (QED) is 0.894. The minimum atomic E-state index is -4.51. The van der Waals surface area contributed by atoms with Crippen LogP contribution in [0.5, 0.6) is 0 Å². The lowest BCUT2D eigenvalue weighted by Gasteiger charge is -2.42. The van der Waals surface area contributed by atoms with E-state index in [4.69, 9.17) is 4.74 Å². The van der Waals surface area contributed by atoms with Gasteiger partial charge in [-0.25, -0.2) is 9.78 Å². The van der Waals surface area contributed by atoms with Crippen LogP contribution in [-0.2, 0) is 4.74 Å². The molecule has 1 saturated heterocycles. The molecule has 1 N–H and O–H groups in total. The van der Waals surface area contributed by atoms with Gasteiger partial charge in [0.05, 0.1) is 18.7 Å². The topological polar surface area (TPSA) is 54.5 Å². The lowest BCUT2D eigenvalue weighted by molar-refractivity contribution is -0.267. The van der Waals surface area contributed by atoms with Gasteiger partial charge < -0.3 is 9.64 Å². The molecule has 1 aromatic rings. The van der Waals surface area contributed by atoms with Crippen molar-refractivity contribution in [1.82, 2.24) is 9.88 Å². The maximum Gasteiger partial charge on any atom is 0.416 e. The molecule has 1 aromatic heterocycles. The number of ether oxygens (including phenoxy) is 1. The number of pyridine rings is 1. The van der Waals surface area contributed by atoms with Crippen LogP contribution in [0.3, 0.4) is 0 Å². The van der Waals surface area contributed by atoms with Crippen molar-refractivity contribution < 1.29 is 22.7 Å². The van der Waals surface area contributed by atoms with Crippen LogP contribution in [0.25, 0.3) is 0 Å². The van der Waals surface area contributed by atoms with Crippen molar-refractivity contribution in [1.29, 1.82) is 0 Å². The number of morpholine rings is 1. The fourth-order valence-corrected chi connectivity index (χ4v) is 2.83. The summed E-state index contributed by atoms with van der Waals surface area (Å²) < 4.78 is 44.1. The van der Waals surface area contributed by atoms with Crippen molar-refractivity contribution >= 4 is 11.8 Å². The lowest BCUT2D eigenvalue weighted by atomic mass is 10.1. The number of aromatic nitrogens is 1. The Hall–Kier alpha value is -1.83. The summed E-state index contributed by atoms with van der Waals surface area (Å²) in [5.41, 5.74) is -0.165. The van der Waals surface area contributed by atoms with Gasteiger partial charge in [0.1, 0.15) is 5.82 Å². The molecule has 2 heterocycles. The Bertz CT molecular complexity index is 629. The molecular weight excluding hydrogens is 323 g/mol. The summed E-state index contributed by atoms with van der Waals surface area (Å²) in [7, 11) is 0. The maximum absolute atomic E-state index is 13.0. The Morgan fingerprint density at radius 3 is 2.71 bits per heavy atom. The zero-order valence-corrected chi connectivity index (χ0v) is 13.6. The molecule has 0 bridgehead atoms. The SMILES string of the molecule is CC1(C)CN(C(=O)Nc2cccc(C3CC3)n2)CC(C(F)(F)F)O1. The van der Waals surface area contributed by atoms with E-state index in [0.717, 1.165) is 23.4 Å². The molecular formula is C16H20F3N3O2. The molecule has 132 valence electrons. The van der Waals surface area contributed by atoms with Gasteiger partial charge >= 0.3 is 12.2 Å². The lowest BCUT2D eigenvalue weighted by Crippen LogP contribution is -2.59. The van der Waals surface area contributed by atoms with Gasteiger partial charge in [0.25, 0.3) is 0 Å². The molecule has 1 aliphatic heterocycles. The summed E-state index contributed by atoms with van der Waals surface area (Å²) in [5.74, 6) is 0.788. The predicted octanol–water partition coefficient (Wildman–Crippen LogP) is 3.53. The first-order chi connectivity index (χ1) is 11.1. The number of nitrogens with zero attached hydrogens (tertiary/aromatic N) is 2. The summed E-state index contributed by atoms with van der Waals surface area (Å²) in [6.45, 7) is 2.63. The Morgan fingerprint density at radius 1 is 1.38 bits per heavy atom. The summed E-state index contributed by atoms with van der Waals surface area (Å²) in [4.78, 5) is 17.9. The summed E-state index contributed by atoms with van der Waals surface area (Å²) >= 11 is 0. The summed E-state index contributed by atoms with van der Waals surface area (Å²) in [5, 5.41) is 2.60. The zero-order chi connectivity index (χ0) is 17.5. The molecule has 1 saturated carbocycles. The number of urea groups is 1. The third kappa shape index (κ3) is 3.98. The minimum absolute atomic E-state index is 0.0771. The number of amides is 2. The van der Waals surface area contributed by atoms with Gasteiger partial charge in [-0.15, -0.1) is 0 Å². The van der Waals surface area contributed by atoms with Crippen LogP contribution in [0.1, 0.15) is 38.3 Å². The molecule has 0 aromatic carbocycles. The highest BCUT2D eigenvalue weighted by Crippen LogP contribution is 2.39. The van der Waals surface area contributed by atoms with E-state index in [1.165, 1.54) is 13.8 Å². The first kappa shape index (κ1) is 17.0. The van der Waals surface area contributed by atoms with E-state index in [0.29, 0.717) is 11.7 Å². The molecule has 8 heteroatoms. The number of halogens is 3. The van der Waals surface area contributed by atoms with Gasteiger partial charge in [0.2, 0.25) is 0 Å². The molecule has 2 amide bonds. The Kier molecular flexibility index (Phi) is 4.19. The van der Waals surface area contributed by atoms with Crippen LogP contribution in [0.4, 0.5) is 23.8 Å². The van der Waals surface area contributed by atoms with E-state index >= 15 is 0 Å². The predicted molar refractivity (Wildman–Crippen MR) is 81.8 cm³/mol. The van der Waals surface area contributed by atoms with E-state index in [9.17, 15) is 18.0 Å². The molecule has 0 radical (unpaired) electrons. The average molecular weight is 343 g/mol. The fraction of sp³-hybridized carbons (Fsp3) is 0.625. The highest BCUT2D eigenvalue weighted by molar-refractivity contribution is 5.88. The van der Waals surface area contributed by atoms with Crippen LogP contribution in [0, 0.1) is 0 Å². The third-order valence-corrected chi connectivity index (χ3v) is 4.07. The molecule has 1 unspecified atom stereocenters. The van der Waals surface area contributed by atoms with Crippen molar-refractivity contribution in [3.63, 3.8) is 0 Å². The standard InChI is InChI=1S/C16H20F3N3O2/c1-15(2)9-22(8-12(24-15)16(17,18)19)14(23)21-13-5-3-4-11(20-13)10-6-7-10/h3-5,10,12H,6-9H2,1-2H3,(H,20,21,23). The van der Waals surface area contributed by atoms with Crippen LogP contribution in [-0.4, -0.2) is 46.9 Å². The van der Waals surface area contributed by atoms with E-state index in [2.05, 4.69) is 10.3 Å². The Balaban J connectivity index is 1.70. The van der Waals surface area contributed by atoms with Crippen LogP contribution >= 0.6 is 0 Å². The maximum atomic E-state index is 13.0. The van der Waals surface area contributed by atoms with Crippen molar-refractivity contribution in [2.45, 2.75) is 50.5 Å². The summed E-state index contributed by atoms with van der Waals surface area (Å²) in [6.07, 6.45) is -4.34. The molecule has 1 aliphatic carbocycles. The molecule has 24 heavy (non-hydrogen) atoms. The number of anilines is 1. The van der Waals surface area contributed by atoms with E-state index in [1.54, 1.807) is 12.1 Å². The van der Waals surface area contributed by atoms with Crippen LogP contribution in [0.2, 0.25) is 0 Å². The first-order valence-electron chi connectivity index (χ1n) is 7.91. The van der Waals surface area contributed by atoms with Gasteiger partial charge in [0.15, 0.2) is 6.10 Å². The monoisotopic (exact) mass is 343 g/mol. The molecule has 5 nitrogen and oxygen atoms in total. The summed E-state index contributed by atoms with van der Waals surface area (Å²) in [6, 6.07) is 4.72. The number of nitrogens with one attached hydrogen (secondary N) is 1. The highest BCUT2D eigenvalue weighted by atomic mass is 19.4. The van der Waals surface area contributed by atoms with Gasteiger partial charge in [-0.2, -0.15) is 13.2 Å². The smallest absolute Gasteiger partial charge is 0.359 e. The van der Waals surface area contributed by atoms with E-state index < -0.39 is 30.5 Å². The van der Waals surface area contributed by atoms with E-state index in [1.807, 2.05) is 6.07 Å². The first-order valence-corrected chi connectivity index (χ1v) is 7.91. The highest BCUT2D eigenvalue weighted by Gasteiger charge is 2.49. The van der Waals surface area contributed by atoms with Gasteiger partial charge in [0, 0.05) is 11.6 Å². The van der Waals surface area contributed by atoms with Gasteiger partial charge in [-0.05, 0) is 38.8 Å². The second-order valence-corrected chi connectivity index (χ2v) is 6.94. The molecule has 0 spiro atoms. The van der Waals surface area contributed by atoms with Crippen molar-refractivity contribution in [3.8, 4) is 0 Å². The second-order valence-electron chi connectivity index (χ2n) is 6.94. The number of hydrogen-bond acceptors (Lipinski definition) is 3. The number of alkyl halides is 3. The molecule has 3 rings (SSSR count). The zero-order valence-electron chi connectivity index (χ0n) is 13.6. The normalized spacial score (nSPS) is 23.9. The molecule has 2 fully saturated rings. The van der Waals surface area contributed by atoms with Crippen LogP contribution < -0.4 is 5.32 Å². The molecule has 1 atom stereocenters. The van der Waals surface area contributed by atoms with Crippen molar-refractivity contribution in [2.24, 2.45) is 0 Å². The average Bonchev–Trinajstić information content (AvgIpc) is 3.29. The van der Waals surface area contributed by atoms with E-state index in [-0.39, 0.29) is 6.54 Å². The number of rotatable bonds is 2. The van der Waals surface area contributed by atoms with Crippen molar-refractivity contribution in [2.75, 3.05) is 18.4 Å². The van der Waals surface area contributed by atoms with Crippen molar-refractivity contribution in [3.05, 3.63) is 23.9 Å². The fourth-order valence-electron chi connectivity index (χ4n) is 2.83.